The summed E-state index contributed by atoms with van der Waals surface area (Å²) in [6, 6.07) is 6.52. The SMILES string of the molecule is C=C/C=C\c1c(C)c(-c2ccc(F)cc2)c(/C=C/[C@H](C[C@@H](O)CC(=O)O)OC)n1C(C)C.CC. The van der Waals surface area contributed by atoms with Crippen molar-refractivity contribution in [3.63, 3.8) is 0 Å². The van der Waals surface area contributed by atoms with Gasteiger partial charge < -0.3 is 19.5 Å². The molecule has 0 saturated carbocycles. The largest absolute Gasteiger partial charge is 0.481 e. The second kappa shape index (κ2) is 14.3. The first-order chi connectivity index (χ1) is 16.2. The highest BCUT2D eigenvalue weighted by Crippen LogP contribution is 2.36. The Bertz CT molecular complexity index is 987. The monoisotopic (exact) mass is 471 g/mol. The molecule has 0 radical (unpaired) electrons. The Labute approximate surface area is 202 Å². The Morgan fingerprint density at radius 1 is 1.18 bits per heavy atom. The van der Waals surface area contributed by atoms with Crippen molar-refractivity contribution in [3.05, 3.63) is 71.8 Å². The number of aliphatic hydroxyl groups excluding tert-OH is 1. The molecule has 0 aliphatic carbocycles. The number of ether oxygens (including phenoxy) is 1. The van der Waals surface area contributed by atoms with Gasteiger partial charge in [-0.25, -0.2) is 4.39 Å². The molecular formula is C28H38FNO4. The van der Waals surface area contributed by atoms with Gasteiger partial charge in [0.25, 0.3) is 0 Å². The lowest BCUT2D eigenvalue weighted by Crippen LogP contribution is -2.20. The molecule has 0 aliphatic heterocycles. The molecule has 0 bridgehead atoms. The minimum atomic E-state index is -1.06. The number of nitrogens with zero attached hydrogens (tertiary/aromatic N) is 1. The molecule has 2 rings (SSSR count). The fraction of sp³-hybridized carbons (Fsp3) is 0.393. The average Bonchev–Trinajstić information content (AvgIpc) is 3.07. The van der Waals surface area contributed by atoms with Crippen molar-refractivity contribution in [2.45, 2.75) is 65.7 Å². The summed E-state index contributed by atoms with van der Waals surface area (Å²) >= 11 is 0. The summed E-state index contributed by atoms with van der Waals surface area (Å²) in [6.45, 7) is 14.0. The van der Waals surface area contributed by atoms with Crippen LogP contribution in [-0.4, -0.2) is 40.1 Å². The van der Waals surface area contributed by atoms with E-state index in [1.807, 2.05) is 45.1 Å². The summed E-state index contributed by atoms with van der Waals surface area (Å²) in [5, 5.41) is 18.9. The second-order valence-corrected chi connectivity index (χ2v) is 7.96. The van der Waals surface area contributed by atoms with E-state index in [-0.39, 0.29) is 24.7 Å². The van der Waals surface area contributed by atoms with E-state index in [9.17, 15) is 14.3 Å². The van der Waals surface area contributed by atoms with E-state index in [1.165, 1.54) is 19.2 Å². The van der Waals surface area contributed by atoms with Crippen LogP contribution >= 0.6 is 0 Å². The summed E-state index contributed by atoms with van der Waals surface area (Å²) in [4.78, 5) is 10.9. The second-order valence-electron chi connectivity index (χ2n) is 7.96. The third-order valence-electron chi connectivity index (χ3n) is 5.26. The van der Waals surface area contributed by atoms with Crippen LogP contribution in [0.5, 0.6) is 0 Å². The smallest absolute Gasteiger partial charge is 0.305 e. The number of methoxy groups -OCH3 is 1. The number of aromatic nitrogens is 1. The normalized spacial score (nSPS) is 13.2. The number of carboxylic acid groups (broad SMARTS) is 1. The van der Waals surface area contributed by atoms with Crippen LogP contribution in [0, 0.1) is 12.7 Å². The molecule has 1 aromatic carbocycles. The third-order valence-corrected chi connectivity index (χ3v) is 5.26. The van der Waals surface area contributed by atoms with E-state index in [1.54, 1.807) is 18.2 Å². The van der Waals surface area contributed by atoms with Crippen LogP contribution in [0.25, 0.3) is 23.3 Å². The van der Waals surface area contributed by atoms with Gasteiger partial charge in [-0.3, -0.25) is 4.79 Å². The summed E-state index contributed by atoms with van der Waals surface area (Å²) in [5.41, 5.74) is 4.83. The zero-order valence-corrected chi connectivity index (χ0v) is 21.1. The fourth-order valence-electron chi connectivity index (χ4n) is 3.82. The van der Waals surface area contributed by atoms with E-state index >= 15 is 0 Å². The number of allylic oxidation sites excluding steroid dienone is 2. The van der Waals surface area contributed by atoms with Crippen LogP contribution in [0.4, 0.5) is 4.39 Å². The van der Waals surface area contributed by atoms with Crippen molar-refractivity contribution < 1.29 is 24.1 Å². The maximum absolute atomic E-state index is 13.6. The number of halogens is 1. The molecule has 1 aromatic heterocycles. The van der Waals surface area contributed by atoms with E-state index < -0.39 is 18.2 Å². The number of hydrogen-bond donors (Lipinski definition) is 2. The van der Waals surface area contributed by atoms with Crippen LogP contribution in [0.2, 0.25) is 0 Å². The van der Waals surface area contributed by atoms with Gasteiger partial charge in [0.2, 0.25) is 0 Å². The van der Waals surface area contributed by atoms with Gasteiger partial charge in [-0.1, -0.05) is 50.8 Å². The number of benzene rings is 1. The molecule has 2 atom stereocenters. The molecule has 1 heterocycles. The van der Waals surface area contributed by atoms with E-state index in [2.05, 4.69) is 25.0 Å². The number of aliphatic hydroxyl groups is 1. The molecule has 0 spiro atoms. The molecule has 6 heteroatoms. The predicted octanol–water partition coefficient (Wildman–Crippen LogP) is 6.66. The predicted molar refractivity (Wildman–Crippen MR) is 138 cm³/mol. The first-order valence-corrected chi connectivity index (χ1v) is 11.6. The molecule has 5 nitrogen and oxygen atoms in total. The van der Waals surface area contributed by atoms with Crippen LogP contribution in [0.1, 0.15) is 63.5 Å². The van der Waals surface area contributed by atoms with E-state index in [4.69, 9.17) is 9.84 Å². The van der Waals surface area contributed by atoms with Crippen LogP contribution < -0.4 is 0 Å². The van der Waals surface area contributed by atoms with Gasteiger partial charge in [0, 0.05) is 36.5 Å². The van der Waals surface area contributed by atoms with Crippen molar-refractivity contribution in [2.24, 2.45) is 0 Å². The van der Waals surface area contributed by atoms with Crippen molar-refractivity contribution in [1.29, 1.82) is 0 Å². The lowest BCUT2D eigenvalue weighted by atomic mass is 10.00. The molecule has 34 heavy (non-hydrogen) atoms. The van der Waals surface area contributed by atoms with Crippen molar-refractivity contribution in [2.75, 3.05) is 7.11 Å². The zero-order chi connectivity index (χ0) is 25.8. The summed E-state index contributed by atoms with van der Waals surface area (Å²) < 4.78 is 21.2. The quantitative estimate of drug-likeness (QED) is 0.359. The summed E-state index contributed by atoms with van der Waals surface area (Å²) in [5.74, 6) is -1.36. The lowest BCUT2D eigenvalue weighted by Gasteiger charge is -2.17. The number of hydrogen-bond acceptors (Lipinski definition) is 3. The molecule has 2 aromatic rings. The Kier molecular flexibility index (Phi) is 12.3. The van der Waals surface area contributed by atoms with Gasteiger partial charge in [0.1, 0.15) is 5.82 Å². The van der Waals surface area contributed by atoms with Crippen molar-refractivity contribution in [1.82, 2.24) is 4.57 Å². The Balaban J connectivity index is 0.00000281. The molecule has 0 amide bonds. The van der Waals surface area contributed by atoms with Gasteiger partial charge in [-0.05, 0) is 56.2 Å². The first-order valence-electron chi connectivity index (χ1n) is 11.6. The standard InChI is InChI=1S/C26H32FNO4.C2H6/c1-6-7-8-23-18(4)26(19-9-11-20(27)12-10-19)24(28(23)17(2)3)14-13-22(32-5)15-21(29)16-25(30)31;1-2/h6-14,17,21-22,29H,1,15-16H2,2-5H3,(H,30,31);1-2H3/b8-7-,14-13+;/t21-,22-;/m1./s1. The third kappa shape index (κ3) is 7.82. The Morgan fingerprint density at radius 3 is 2.29 bits per heavy atom. The van der Waals surface area contributed by atoms with Crippen LogP contribution in [0.15, 0.2) is 49.1 Å². The van der Waals surface area contributed by atoms with Gasteiger partial charge in [0.15, 0.2) is 0 Å². The summed E-state index contributed by atoms with van der Waals surface area (Å²) in [6.07, 6.45) is 7.69. The minimum Gasteiger partial charge on any atom is -0.481 e. The maximum Gasteiger partial charge on any atom is 0.305 e. The first kappa shape index (κ1) is 29.1. The van der Waals surface area contributed by atoms with Gasteiger partial charge in [-0.2, -0.15) is 0 Å². The maximum atomic E-state index is 13.6. The molecule has 2 N–H and O–H groups in total. The average molecular weight is 472 g/mol. The molecule has 0 aliphatic rings. The number of rotatable bonds is 11. The molecule has 0 fully saturated rings. The molecule has 0 unspecified atom stereocenters. The van der Waals surface area contributed by atoms with Crippen LogP contribution in [-0.2, 0) is 9.53 Å². The highest BCUT2D eigenvalue weighted by molar-refractivity contribution is 5.81. The fourth-order valence-corrected chi connectivity index (χ4v) is 3.82. The molecule has 0 saturated heterocycles. The topological polar surface area (TPSA) is 71.7 Å². The Morgan fingerprint density at radius 2 is 1.79 bits per heavy atom. The highest BCUT2D eigenvalue weighted by Gasteiger charge is 2.21. The Hall–Kier alpha value is -2.96. The lowest BCUT2D eigenvalue weighted by molar-refractivity contribution is -0.139. The van der Waals surface area contributed by atoms with Crippen LogP contribution in [0.3, 0.4) is 0 Å². The zero-order valence-electron chi connectivity index (χ0n) is 21.1. The summed E-state index contributed by atoms with van der Waals surface area (Å²) in [7, 11) is 1.52. The molecule has 186 valence electrons. The van der Waals surface area contributed by atoms with Gasteiger partial charge in [0.05, 0.1) is 18.6 Å². The number of carbonyl (C=O) groups is 1. The van der Waals surface area contributed by atoms with Crippen molar-refractivity contribution in [3.8, 4) is 11.1 Å². The van der Waals surface area contributed by atoms with Gasteiger partial charge in [-0.15, -0.1) is 0 Å². The minimum absolute atomic E-state index is 0.130. The number of carboxylic acids is 1. The van der Waals surface area contributed by atoms with E-state index in [0.717, 1.165) is 28.1 Å². The highest BCUT2D eigenvalue weighted by atomic mass is 19.1. The van der Waals surface area contributed by atoms with Crippen molar-refractivity contribution >= 4 is 18.1 Å². The number of aliphatic carboxylic acids is 1. The van der Waals surface area contributed by atoms with Gasteiger partial charge >= 0.3 is 5.97 Å². The van der Waals surface area contributed by atoms with E-state index in [0.29, 0.717) is 0 Å². The molecular weight excluding hydrogens is 433 g/mol.